The Morgan fingerprint density at radius 3 is 3.00 bits per heavy atom. The summed E-state index contributed by atoms with van der Waals surface area (Å²) in [6, 6.07) is 4.78. The van der Waals surface area contributed by atoms with Crippen LogP contribution in [0.3, 0.4) is 0 Å². The fourth-order valence-corrected chi connectivity index (χ4v) is 1.84. The van der Waals surface area contributed by atoms with Crippen molar-refractivity contribution < 1.29 is 19.0 Å². The molecule has 88 valence electrons. The van der Waals surface area contributed by atoms with Gasteiger partial charge in [0.1, 0.15) is 12.2 Å². The van der Waals surface area contributed by atoms with Crippen LogP contribution < -0.4 is 4.74 Å². The maximum absolute atomic E-state index is 13.6. The molecule has 0 unspecified atom stereocenters. The number of carboxylic acids is 1. The summed E-state index contributed by atoms with van der Waals surface area (Å²) < 4.78 is 18.7. The van der Waals surface area contributed by atoms with Crippen molar-refractivity contribution in [2.24, 2.45) is 0 Å². The lowest BCUT2D eigenvalue weighted by atomic mass is 10.2. The molecule has 2 aromatic rings. The molecular formula is C11H8FNO3S. The van der Waals surface area contributed by atoms with Gasteiger partial charge in [-0.05, 0) is 17.5 Å². The Balaban J connectivity index is 2.16. The van der Waals surface area contributed by atoms with Crippen molar-refractivity contribution in [3.63, 3.8) is 0 Å². The van der Waals surface area contributed by atoms with Crippen LogP contribution in [0.25, 0.3) is 0 Å². The molecule has 0 aliphatic rings. The van der Waals surface area contributed by atoms with Crippen molar-refractivity contribution in [3.8, 4) is 5.88 Å². The Morgan fingerprint density at radius 1 is 1.53 bits per heavy atom. The lowest BCUT2D eigenvalue weighted by molar-refractivity contribution is 0.0690. The van der Waals surface area contributed by atoms with Crippen molar-refractivity contribution in [3.05, 3.63) is 46.0 Å². The van der Waals surface area contributed by atoms with Crippen LogP contribution in [0.2, 0.25) is 0 Å². The molecule has 0 saturated heterocycles. The van der Waals surface area contributed by atoms with E-state index in [0.29, 0.717) is 0 Å². The SMILES string of the molecule is O=C(O)c1ccnc(OCc2cccs2)c1F. The summed E-state index contributed by atoms with van der Waals surface area (Å²) in [6.45, 7) is 0.171. The van der Waals surface area contributed by atoms with E-state index in [1.807, 2.05) is 17.5 Å². The van der Waals surface area contributed by atoms with Gasteiger partial charge in [-0.2, -0.15) is 0 Å². The van der Waals surface area contributed by atoms with Crippen molar-refractivity contribution in [1.29, 1.82) is 0 Å². The molecule has 6 heteroatoms. The number of halogens is 1. The van der Waals surface area contributed by atoms with Crippen LogP contribution in [-0.4, -0.2) is 16.1 Å². The maximum Gasteiger partial charge on any atom is 0.338 e. The zero-order chi connectivity index (χ0) is 12.3. The molecule has 4 nitrogen and oxygen atoms in total. The van der Waals surface area contributed by atoms with E-state index >= 15 is 0 Å². The highest BCUT2D eigenvalue weighted by atomic mass is 32.1. The summed E-state index contributed by atoms with van der Waals surface area (Å²) in [5, 5.41) is 10.6. The first-order valence-electron chi connectivity index (χ1n) is 4.71. The zero-order valence-electron chi connectivity index (χ0n) is 8.59. The van der Waals surface area contributed by atoms with E-state index in [2.05, 4.69) is 4.98 Å². The minimum Gasteiger partial charge on any atom is -0.478 e. The molecule has 17 heavy (non-hydrogen) atoms. The highest BCUT2D eigenvalue weighted by Crippen LogP contribution is 2.19. The molecule has 0 radical (unpaired) electrons. The number of thiophene rings is 1. The monoisotopic (exact) mass is 253 g/mol. The number of pyridine rings is 1. The first-order valence-corrected chi connectivity index (χ1v) is 5.59. The van der Waals surface area contributed by atoms with Crippen molar-refractivity contribution in [2.45, 2.75) is 6.61 Å². The van der Waals surface area contributed by atoms with E-state index < -0.39 is 17.3 Å². The van der Waals surface area contributed by atoms with Gasteiger partial charge in [0.2, 0.25) is 0 Å². The van der Waals surface area contributed by atoms with Gasteiger partial charge in [-0.15, -0.1) is 11.3 Å². The molecule has 2 heterocycles. The fraction of sp³-hybridized carbons (Fsp3) is 0.0909. The van der Waals surface area contributed by atoms with Gasteiger partial charge in [0.15, 0.2) is 5.82 Å². The molecule has 0 aliphatic heterocycles. The predicted octanol–water partition coefficient (Wildman–Crippen LogP) is 2.56. The average molecular weight is 253 g/mol. The van der Waals surface area contributed by atoms with Gasteiger partial charge < -0.3 is 9.84 Å². The van der Waals surface area contributed by atoms with E-state index in [0.717, 1.165) is 10.9 Å². The normalized spacial score (nSPS) is 10.2. The van der Waals surface area contributed by atoms with E-state index in [1.54, 1.807) is 0 Å². The molecule has 2 rings (SSSR count). The maximum atomic E-state index is 13.6. The van der Waals surface area contributed by atoms with E-state index in [1.165, 1.54) is 17.5 Å². The molecule has 0 aliphatic carbocycles. The third kappa shape index (κ3) is 2.59. The molecule has 0 spiro atoms. The van der Waals surface area contributed by atoms with Gasteiger partial charge in [0.05, 0.1) is 0 Å². The van der Waals surface area contributed by atoms with E-state index in [4.69, 9.17) is 9.84 Å². The Labute approximate surface area is 100 Å². The predicted molar refractivity (Wildman–Crippen MR) is 59.8 cm³/mol. The van der Waals surface area contributed by atoms with Crippen molar-refractivity contribution in [1.82, 2.24) is 4.98 Å². The summed E-state index contributed by atoms with van der Waals surface area (Å²) in [5.41, 5.74) is -0.443. The van der Waals surface area contributed by atoms with Crippen LogP contribution in [0.5, 0.6) is 5.88 Å². The van der Waals surface area contributed by atoms with Crippen molar-refractivity contribution >= 4 is 17.3 Å². The van der Waals surface area contributed by atoms with Crippen LogP contribution in [-0.2, 0) is 6.61 Å². The Bertz CT molecular complexity index is 528. The average Bonchev–Trinajstić information content (AvgIpc) is 2.80. The largest absolute Gasteiger partial charge is 0.478 e. The highest BCUT2D eigenvalue weighted by molar-refractivity contribution is 7.09. The third-order valence-corrected chi connectivity index (χ3v) is 2.87. The molecule has 0 amide bonds. The second-order valence-electron chi connectivity index (χ2n) is 3.15. The summed E-state index contributed by atoms with van der Waals surface area (Å²) >= 11 is 1.47. The molecule has 0 atom stereocenters. The van der Waals surface area contributed by atoms with Gasteiger partial charge in [0, 0.05) is 11.1 Å². The first kappa shape index (κ1) is 11.5. The van der Waals surface area contributed by atoms with Gasteiger partial charge in [-0.3, -0.25) is 0 Å². The number of hydrogen-bond acceptors (Lipinski definition) is 4. The van der Waals surface area contributed by atoms with Crippen LogP contribution in [0.4, 0.5) is 4.39 Å². The lowest BCUT2D eigenvalue weighted by Gasteiger charge is -2.05. The number of aromatic carboxylic acids is 1. The first-order chi connectivity index (χ1) is 8.18. The number of hydrogen-bond donors (Lipinski definition) is 1. The minimum atomic E-state index is -1.34. The highest BCUT2D eigenvalue weighted by Gasteiger charge is 2.16. The summed E-state index contributed by atoms with van der Waals surface area (Å²) in [5.74, 6) is -2.58. The number of rotatable bonds is 4. The molecule has 0 saturated carbocycles. The zero-order valence-corrected chi connectivity index (χ0v) is 9.41. The van der Waals surface area contributed by atoms with Gasteiger partial charge in [-0.1, -0.05) is 6.07 Å². The van der Waals surface area contributed by atoms with E-state index in [9.17, 15) is 9.18 Å². The smallest absolute Gasteiger partial charge is 0.338 e. The second-order valence-corrected chi connectivity index (χ2v) is 4.18. The molecular weight excluding hydrogens is 245 g/mol. The summed E-state index contributed by atoms with van der Waals surface area (Å²) in [6.07, 6.45) is 1.20. The van der Waals surface area contributed by atoms with Crippen LogP contribution >= 0.6 is 11.3 Å². The Hall–Kier alpha value is -1.95. The number of aromatic nitrogens is 1. The molecule has 0 aromatic carbocycles. The third-order valence-electron chi connectivity index (χ3n) is 2.02. The number of ether oxygens (including phenoxy) is 1. The van der Waals surface area contributed by atoms with E-state index in [-0.39, 0.29) is 12.5 Å². The topological polar surface area (TPSA) is 59.4 Å². The Morgan fingerprint density at radius 2 is 2.35 bits per heavy atom. The standard InChI is InChI=1S/C11H8FNO3S/c12-9-8(11(14)15)3-4-13-10(9)16-6-7-2-1-5-17-7/h1-5H,6H2,(H,14,15). The van der Waals surface area contributed by atoms with Crippen LogP contribution in [0, 0.1) is 5.82 Å². The van der Waals surface area contributed by atoms with Crippen LogP contribution in [0.1, 0.15) is 15.2 Å². The minimum absolute atomic E-state index is 0.171. The quantitative estimate of drug-likeness (QED) is 0.909. The number of nitrogens with zero attached hydrogens (tertiary/aromatic N) is 1. The molecule has 1 N–H and O–H groups in total. The fourth-order valence-electron chi connectivity index (χ4n) is 1.22. The number of carboxylic acid groups (broad SMARTS) is 1. The Kier molecular flexibility index (Phi) is 3.34. The molecule has 0 fully saturated rings. The lowest BCUT2D eigenvalue weighted by Crippen LogP contribution is -2.05. The van der Waals surface area contributed by atoms with Crippen LogP contribution in [0.15, 0.2) is 29.8 Å². The summed E-state index contributed by atoms with van der Waals surface area (Å²) in [4.78, 5) is 15.3. The summed E-state index contributed by atoms with van der Waals surface area (Å²) in [7, 11) is 0. The molecule has 2 aromatic heterocycles. The number of carbonyl (C=O) groups is 1. The van der Waals surface area contributed by atoms with Gasteiger partial charge in [0.25, 0.3) is 5.88 Å². The van der Waals surface area contributed by atoms with Gasteiger partial charge in [-0.25, -0.2) is 14.2 Å². The van der Waals surface area contributed by atoms with Gasteiger partial charge >= 0.3 is 5.97 Å². The molecule has 0 bridgehead atoms. The second kappa shape index (κ2) is 4.92. The van der Waals surface area contributed by atoms with Crippen molar-refractivity contribution in [2.75, 3.05) is 0 Å².